The zero-order chi connectivity index (χ0) is 12.8. The van der Waals surface area contributed by atoms with Crippen molar-refractivity contribution in [2.75, 3.05) is 26.2 Å². The number of nitrogens with zero attached hydrogens (tertiary/aromatic N) is 1. The lowest BCUT2D eigenvalue weighted by Gasteiger charge is -2.17. The predicted molar refractivity (Wildman–Crippen MR) is 74.4 cm³/mol. The van der Waals surface area contributed by atoms with Crippen LogP contribution < -0.4 is 5.32 Å². The number of hydrogen-bond acceptors (Lipinski definition) is 2. The highest BCUT2D eigenvalue weighted by Crippen LogP contribution is 2.26. The van der Waals surface area contributed by atoms with Crippen LogP contribution in [-0.2, 0) is 4.79 Å². The van der Waals surface area contributed by atoms with Crippen LogP contribution in [0.5, 0.6) is 0 Å². The molecular weight excluding hydrogens is 224 g/mol. The number of carbonyl (C=O) groups excluding carboxylic acids is 1. The number of hydrogen-bond donors (Lipinski definition) is 1. The molecule has 2 saturated heterocycles. The van der Waals surface area contributed by atoms with Crippen LogP contribution in [0, 0.1) is 11.8 Å². The molecule has 0 aromatic rings. The summed E-state index contributed by atoms with van der Waals surface area (Å²) in [4.78, 5) is 14.2. The van der Waals surface area contributed by atoms with E-state index >= 15 is 0 Å². The summed E-state index contributed by atoms with van der Waals surface area (Å²) in [5, 5.41) is 3.42. The quantitative estimate of drug-likeness (QED) is 0.706. The Labute approximate surface area is 111 Å². The minimum atomic E-state index is 0.403. The van der Waals surface area contributed by atoms with Gasteiger partial charge in [0.05, 0.1) is 0 Å². The van der Waals surface area contributed by atoms with E-state index in [2.05, 4.69) is 17.1 Å². The maximum absolute atomic E-state index is 12.1. The van der Waals surface area contributed by atoms with Crippen molar-refractivity contribution >= 4 is 5.91 Å². The van der Waals surface area contributed by atoms with Gasteiger partial charge in [0.25, 0.3) is 0 Å². The fourth-order valence-corrected chi connectivity index (χ4v) is 3.27. The third kappa shape index (κ3) is 3.71. The molecule has 0 bridgehead atoms. The topological polar surface area (TPSA) is 32.3 Å². The van der Waals surface area contributed by atoms with Crippen LogP contribution in [-0.4, -0.2) is 37.0 Å². The van der Waals surface area contributed by atoms with E-state index in [1.54, 1.807) is 0 Å². The van der Waals surface area contributed by atoms with Gasteiger partial charge in [-0.2, -0.15) is 0 Å². The van der Waals surface area contributed by atoms with E-state index in [0.717, 1.165) is 50.9 Å². The molecule has 2 aliphatic rings. The summed E-state index contributed by atoms with van der Waals surface area (Å²) in [5.74, 6) is 1.87. The summed E-state index contributed by atoms with van der Waals surface area (Å²) in [6.07, 6.45) is 8.38. The number of nitrogens with one attached hydrogen (secondary N) is 1. The maximum atomic E-state index is 12.1. The van der Waals surface area contributed by atoms with Gasteiger partial charge in [0.1, 0.15) is 0 Å². The largest absolute Gasteiger partial charge is 0.342 e. The Kier molecular flexibility index (Phi) is 5.48. The molecule has 0 aromatic heterocycles. The van der Waals surface area contributed by atoms with E-state index in [-0.39, 0.29) is 0 Å². The summed E-state index contributed by atoms with van der Waals surface area (Å²) in [7, 11) is 0. The molecule has 0 spiro atoms. The van der Waals surface area contributed by atoms with Gasteiger partial charge < -0.3 is 10.2 Å². The van der Waals surface area contributed by atoms with Crippen molar-refractivity contribution < 1.29 is 4.79 Å². The molecule has 0 radical (unpaired) electrons. The van der Waals surface area contributed by atoms with Gasteiger partial charge in [-0.3, -0.25) is 4.79 Å². The summed E-state index contributed by atoms with van der Waals surface area (Å²) in [6, 6.07) is 0. The van der Waals surface area contributed by atoms with Crippen LogP contribution in [0.4, 0.5) is 0 Å². The second-order valence-electron chi connectivity index (χ2n) is 5.99. The highest BCUT2D eigenvalue weighted by Gasteiger charge is 2.37. The smallest absolute Gasteiger partial charge is 0.222 e. The van der Waals surface area contributed by atoms with Gasteiger partial charge in [-0.25, -0.2) is 0 Å². The first-order chi connectivity index (χ1) is 8.81. The van der Waals surface area contributed by atoms with Crippen molar-refractivity contribution in [3.63, 3.8) is 0 Å². The Morgan fingerprint density at radius 1 is 1.06 bits per heavy atom. The molecule has 2 fully saturated rings. The van der Waals surface area contributed by atoms with Crippen molar-refractivity contribution in [2.45, 2.75) is 51.9 Å². The fourth-order valence-electron chi connectivity index (χ4n) is 3.27. The lowest BCUT2D eigenvalue weighted by atomic mass is 10.0. The number of unbranched alkanes of at least 4 members (excludes halogenated alkanes) is 5. The third-order valence-corrected chi connectivity index (χ3v) is 4.49. The lowest BCUT2D eigenvalue weighted by Crippen LogP contribution is -2.31. The molecule has 18 heavy (non-hydrogen) atoms. The van der Waals surface area contributed by atoms with E-state index in [0.29, 0.717) is 5.91 Å². The van der Waals surface area contributed by atoms with E-state index < -0.39 is 0 Å². The Hall–Kier alpha value is -0.570. The zero-order valence-electron chi connectivity index (χ0n) is 11.8. The molecule has 1 amide bonds. The average molecular weight is 252 g/mol. The van der Waals surface area contributed by atoms with Gasteiger partial charge in [-0.15, -0.1) is 0 Å². The van der Waals surface area contributed by atoms with Gasteiger partial charge in [-0.05, 0) is 18.3 Å². The van der Waals surface area contributed by atoms with E-state index in [1.165, 1.54) is 32.1 Å². The molecule has 3 nitrogen and oxygen atoms in total. The molecule has 0 aliphatic carbocycles. The van der Waals surface area contributed by atoms with Gasteiger partial charge in [0.15, 0.2) is 0 Å². The number of rotatable bonds is 7. The highest BCUT2D eigenvalue weighted by atomic mass is 16.2. The monoisotopic (exact) mass is 252 g/mol. The number of amides is 1. The van der Waals surface area contributed by atoms with Crippen molar-refractivity contribution in [2.24, 2.45) is 11.8 Å². The predicted octanol–water partition coefficient (Wildman–Crippen LogP) is 2.41. The summed E-state index contributed by atoms with van der Waals surface area (Å²) < 4.78 is 0. The van der Waals surface area contributed by atoms with Crippen LogP contribution in [0.25, 0.3) is 0 Å². The van der Waals surface area contributed by atoms with Crippen LogP contribution in [0.1, 0.15) is 51.9 Å². The molecule has 104 valence electrons. The summed E-state index contributed by atoms with van der Waals surface area (Å²) >= 11 is 0. The second kappa shape index (κ2) is 7.13. The highest BCUT2D eigenvalue weighted by molar-refractivity contribution is 5.76. The van der Waals surface area contributed by atoms with E-state index in [1.807, 2.05) is 0 Å². The zero-order valence-corrected chi connectivity index (χ0v) is 11.8. The molecule has 2 heterocycles. The maximum Gasteiger partial charge on any atom is 0.222 e. The molecule has 0 saturated carbocycles. The molecule has 3 heteroatoms. The molecular formula is C15H28N2O. The SMILES string of the molecule is CCCCCCCCC(=O)N1C[C@H]2CNC[C@H]2C1. The minimum absolute atomic E-state index is 0.403. The van der Waals surface area contributed by atoms with Gasteiger partial charge in [0.2, 0.25) is 5.91 Å². The summed E-state index contributed by atoms with van der Waals surface area (Å²) in [6.45, 7) is 6.48. The molecule has 2 atom stereocenters. The Morgan fingerprint density at radius 2 is 1.67 bits per heavy atom. The Morgan fingerprint density at radius 3 is 2.33 bits per heavy atom. The van der Waals surface area contributed by atoms with Gasteiger partial charge in [0, 0.05) is 32.6 Å². The Bertz CT molecular complexity index is 255. The van der Waals surface area contributed by atoms with Gasteiger partial charge >= 0.3 is 0 Å². The first-order valence-corrected chi connectivity index (χ1v) is 7.79. The number of fused-ring (bicyclic) bond motifs is 1. The molecule has 2 aliphatic heterocycles. The van der Waals surface area contributed by atoms with Crippen LogP contribution >= 0.6 is 0 Å². The number of likely N-dealkylation sites (tertiary alicyclic amines) is 1. The van der Waals surface area contributed by atoms with Crippen molar-refractivity contribution in [1.29, 1.82) is 0 Å². The van der Waals surface area contributed by atoms with Crippen LogP contribution in [0.15, 0.2) is 0 Å². The molecule has 1 N–H and O–H groups in total. The van der Waals surface area contributed by atoms with E-state index in [4.69, 9.17) is 0 Å². The molecule has 0 aromatic carbocycles. The molecule has 0 unspecified atom stereocenters. The van der Waals surface area contributed by atoms with Crippen molar-refractivity contribution in [3.8, 4) is 0 Å². The first kappa shape index (κ1) is 13.9. The standard InChI is InChI=1S/C15H28N2O/c1-2-3-4-5-6-7-8-15(18)17-11-13-9-16-10-14(13)12-17/h13-14,16H,2-12H2,1H3/t13-,14+. The second-order valence-corrected chi connectivity index (χ2v) is 5.99. The van der Waals surface area contributed by atoms with Gasteiger partial charge in [-0.1, -0.05) is 39.0 Å². The van der Waals surface area contributed by atoms with Crippen LogP contribution in [0.3, 0.4) is 0 Å². The Balaban J connectivity index is 1.55. The van der Waals surface area contributed by atoms with Crippen LogP contribution in [0.2, 0.25) is 0 Å². The third-order valence-electron chi connectivity index (χ3n) is 4.49. The lowest BCUT2D eigenvalue weighted by molar-refractivity contribution is -0.130. The van der Waals surface area contributed by atoms with Crippen molar-refractivity contribution in [1.82, 2.24) is 10.2 Å². The normalized spacial score (nSPS) is 26.6. The fraction of sp³-hybridized carbons (Fsp3) is 0.933. The van der Waals surface area contributed by atoms with E-state index in [9.17, 15) is 4.79 Å². The minimum Gasteiger partial charge on any atom is -0.342 e. The average Bonchev–Trinajstić information content (AvgIpc) is 2.93. The number of carbonyl (C=O) groups is 1. The van der Waals surface area contributed by atoms with Crippen molar-refractivity contribution in [3.05, 3.63) is 0 Å². The molecule has 2 rings (SSSR count). The first-order valence-electron chi connectivity index (χ1n) is 7.79. The summed E-state index contributed by atoms with van der Waals surface area (Å²) in [5.41, 5.74) is 0.